The highest BCUT2D eigenvalue weighted by Crippen LogP contribution is 2.28. The summed E-state index contributed by atoms with van der Waals surface area (Å²) < 4.78 is 5.52. The van der Waals surface area contributed by atoms with E-state index in [0.29, 0.717) is 11.6 Å². The van der Waals surface area contributed by atoms with E-state index in [4.69, 9.17) is 4.42 Å². The molecule has 25 heavy (non-hydrogen) atoms. The first-order chi connectivity index (χ1) is 12.1. The highest BCUT2D eigenvalue weighted by atomic mass is 32.2. The minimum atomic E-state index is -0.589. The van der Waals surface area contributed by atoms with Gasteiger partial charge in [0.1, 0.15) is 0 Å². The van der Waals surface area contributed by atoms with Crippen LogP contribution in [0.25, 0.3) is 10.8 Å². The largest absolute Gasteiger partial charge is 0.410 e. The number of para-hydroxylation sites is 1. The molecule has 0 saturated carbocycles. The van der Waals surface area contributed by atoms with Crippen molar-refractivity contribution >= 4 is 40.7 Å². The second-order valence-corrected chi connectivity index (χ2v) is 7.16. The van der Waals surface area contributed by atoms with Crippen LogP contribution in [-0.4, -0.2) is 27.4 Å². The molecule has 1 atom stereocenters. The molecule has 3 rings (SSSR count). The van der Waals surface area contributed by atoms with E-state index >= 15 is 0 Å². The lowest BCUT2D eigenvalue weighted by Crippen LogP contribution is -2.38. The minimum absolute atomic E-state index is 0.273. The monoisotopic (exact) mass is 374 g/mol. The van der Waals surface area contributed by atoms with Crippen molar-refractivity contribution in [3.05, 3.63) is 47.8 Å². The second kappa shape index (κ2) is 7.95. The third kappa shape index (κ3) is 4.68. The summed E-state index contributed by atoms with van der Waals surface area (Å²) in [5.41, 5.74) is 0.602. The number of thioether (sulfide) groups is 1. The van der Waals surface area contributed by atoms with Crippen LogP contribution in [-0.2, 0) is 4.79 Å². The van der Waals surface area contributed by atoms with Crippen molar-refractivity contribution < 1.29 is 14.0 Å². The molecule has 2 heterocycles. The van der Waals surface area contributed by atoms with Gasteiger partial charge in [0.2, 0.25) is 5.91 Å². The van der Waals surface area contributed by atoms with Crippen molar-refractivity contribution in [1.29, 1.82) is 0 Å². The van der Waals surface area contributed by atoms with Crippen molar-refractivity contribution in [1.82, 2.24) is 15.5 Å². The summed E-state index contributed by atoms with van der Waals surface area (Å²) in [6.45, 7) is 1.66. The van der Waals surface area contributed by atoms with Crippen molar-refractivity contribution in [3.8, 4) is 10.8 Å². The lowest BCUT2D eigenvalue weighted by atomic mass is 10.3. The molecule has 0 aliphatic heterocycles. The second-order valence-electron chi connectivity index (χ2n) is 4.92. The molecule has 0 radical (unpaired) electrons. The number of urea groups is 1. The van der Waals surface area contributed by atoms with Crippen LogP contribution in [0.3, 0.4) is 0 Å². The lowest BCUT2D eigenvalue weighted by Gasteiger charge is -2.10. The standard InChI is InChI=1S/C16H14N4O3S2/c1-10(13(21)18-15(22)17-11-6-3-2-4-7-11)25-16-20-19-14(23-16)12-8-5-9-24-12/h2-10H,1H3,(H2,17,18,21,22). The molecule has 0 bridgehead atoms. The van der Waals surface area contributed by atoms with Crippen LogP contribution in [0, 0.1) is 0 Å². The van der Waals surface area contributed by atoms with Gasteiger partial charge in [-0.05, 0) is 30.5 Å². The van der Waals surface area contributed by atoms with E-state index in [-0.39, 0.29) is 5.22 Å². The molecule has 7 nitrogen and oxygen atoms in total. The predicted molar refractivity (Wildman–Crippen MR) is 96.5 cm³/mol. The molecule has 0 aliphatic carbocycles. The van der Waals surface area contributed by atoms with Crippen LogP contribution >= 0.6 is 23.1 Å². The molecule has 0 saturated heterocycles. The Morgan fingerprint density at radius 1 is 1.16 bits per heavy atom. The molecule has 3 aromatic rings. The van der Waals surface area contributed by atoms with Gasteiger partial charge in [0, 0.05) is 5.69 Å². The van der Waals surface area contributed by atoms with Gasteiger partial charge in [-0.15, -0.1) is 21.5 Å². The summed E-state index contributed by atoms with van der Waals surface area (Å²) in [7, 11) is 0. The Bertz CT molecular complexity index is 849. The molecule has 0 fully saturated rings. The maximum atomic E-state index is 12.1. The molecule has 2 aromatic heterocycles. The molecular weight excluding hydrogens is 360 g/mol. The number of hydrogen-bond donors (Lipinski definition) is 2. The van der Waals surface area contributed by atoms with Crippen LogP contribution in [0.5, 0.6) is 0 Å². The molecule has 128 valence electrons. The van der Waals surface area contributed by atoms with Gasteiger partial charge in [0.05, 0.1) is 10.1 Å². The van der Waals surface area contributed by atoms with Gasteiger partial charge in [-0.3, -0.25) is 10.1 Å². The first kappa shape index (κ1) is 17.2. The third-order valence-corrected chi connectivity index (χ3v) is 4.85. The molecule has 2 N–H and O–H groups in total. The first-order valence-electron chi connectivity index (χ1n) is 7.33. The molecular formula is C16H14N4O3S2. The number of rotatable bonds is 5. The number of thiophene rings is 1. The summed E-state index contributed by atoms with van der Waals surface area (Å²) in [4.78, 5) is 24.8. The number of amides is 3. The van der Waals surface area contributed by atoms with Gasteiger partial charge in [-0.2, -0.15) is 0 Å². The summed E-state index contributed by atoms with van der Waals surface area (Å²) in [5, 5.41) is 14.3. The number of anilines is 1. The zero-order valence-corrected chi connectivity index (χ0v) is 14.8. The van der Waals surface area contributed by atoms with E-state index in [9.17, 15) is 9.59 Å². The van der Waals surface area contributed by atoms with E-state index in [1.165, 1.54) is 11.3 Å². The number of carbonyl (C=O) groups is 2. The van der Waals surface area contributed by atoms with E-state index in [1.54, 1.807) is 31.2 Å². The maximum Gasteiger partial charge on any atom is 0.325 e. The summed E-state index contributed by atoms with van der Waals surface area (Å²) in [6.07, 6.45) is 0. The van der Waals surface area contributed by atoms with Crippen molar-refractivity contribution in [2.24, 2.45) is 0 Å². The number of nitrogens with zero attached hydrogens (tertiary/aromatic N) is 2. The zero-order valence-electron chi connectivity index (χ0n) is 13.1. The summed E-state index contributed by atoms with van der Waals surface area (Å²) >= 11 is 2.58. The highest BCUT2D eigenvalue weighted by Gasteiger charge is 2.20. The van der Waals surface area contributed by atoms with E-state index in [1.807, 2.05) is 23.6 Å². The Kier molecular flexibility index (Phi) is 5.46. The normalized spacial score (nSPS) is 11.7. The van der Waals surface area contributed by atoms with E-state index < -0.39 is 17.2 Å². The van der Waals surface area contributed by atoms with Gasteiger partial charge in [-0.1, -0.05) is 36.0 Å². The number of nitrogens with one attached hydrogen (secondary N) is 2. The summed E-state index contributed by atoms with van der Waals surface area (Å²) in [6, 6.07) is 12.0. The van der Waals surface area contributed by atoms with E-state index in [0.717, 1.165) is 16.6 Å². The molecule has 1 unspecified atom stereocenters. The fraction of sp³-hybridized carbons (Fsp3) is 0.125. The van der Waals surface area contributed by atoms with Crippen molar-refractivity contribution in [2.75, 3.05) is 5.32 Å². The Morgan fingerprint density at radius 2 is 1.96 bits per heavy atom. The zero-order chi connectivity index (χ0) is 17.6. The number of imide groups is 1. The third-order valence-electron chi connectivity index (χ3n) is 3.05. The fourth-order valence-electron chi connectivity index (χ4n) is 1.86. The predicted octanol–water partition coefficient (Wildman–Crippen LogP) is 3.63. The Morgan fingerprint density at radius 3 is 2.68 bits per heavy atom. The van der Waals surface area contributed by atoms with Gasteiger partial charge >= 0.3 is 6.03 Å². The lowest BCUT2D eigenvalue weighted by molar-refractivity contribution is -0.119. The molecule has 0 spiro atoms. The molecule has 9 heteroatoms. The Balaban J connectivity index is 1.53. The Labute approximate surface area is 151 Å². The topological polar surface area (TPSA) is 97.1 Å². The minimum Gasteiger partial charge on any atom is -0.410 e. The van der Waals surface area contributed by atoms with Crippen LogP contribution in [0.2, 0.25) is 0 Å². The molecule has 0 aliphatic rings. The average molecular weight is 374 g/mol. The molecule has 1 aromatic carbocycles. The quantitative estimate of drug-likeness (QED) is 0.662. The number of hydrogen-bond acceptors (Lipinski definition) is 7. The van der Waals surface area contributed by atoms with Crippen LogP contribution in [0.15, 0.2) is 57.5 Å². The van der Waals surface area contributed by atoms with Gasteiger partial charge in [-0.25, -0.2) is 4.79 Å². The van der Waals surface area contributed by atoms with Crippen LogP contribution in [0.4, 0.5) is 10.5 Å². The SMILES string of the molecule is CC(Sc1nnc(-c2cccs2)o1)C(=O)NC(=O)Nc1ccccc1. The van der Waals surface area contributed by atoms with E-state index in [2.05, 4.69) is 20.8 Å². The van der Waals surface area contributed by atoms with Crippen LogP contribution < -0.4 is 10.6 Å². The smallest absolute Gasteiger partial charge is 0.325 e. The van der Waals surface area contributed by atoms with Gasteiger partial charge in [0.15, 0.2) is 0 Å². The first-order valence-corrected chi connectivity index (χ1v) is 9.08. The van der Waals surface area contributed by atoms with Crippen molar-refractivity contribution in [2.45, 2.75) is 17.4 Å². The average Bonchev–Trinajstić information content (AvgIpc) is 3.26. The number of carbonyl (C=O) groups excluding carboxylic acids is 2. The molecule has 3 amide bonds. The maximum absolute atomic E-state index is 12.1. The number of benzene rings is 1. The highest BCUT2D eigenvalue weighted by molar-refractivity contribution is 8.00. The van der Waals surface area contributed by atoms with Gasteiger partial charge < -0.3 is 9.73 Å². The Hall–Kier alpha value is -2.65. The number of aromatic nitrogens is 2. The fourth-order valence-corrected chi connectivity index (χ4v) is 3.19. The van der Waals surface area contributed by atoms with Crippen LogP contribution in [0.1, 0.15) is 6.92 Å². The van der Waals surface area contributed by atoms with Gasteiger partial charge in [0.25, 0.3) is 11.1 Å². The van der Waals surface area contributed by atoms with Crippen molar-refractivity contribution in [3.63, 3.8) is 0 Å². The summed E-state index contributed by atoms with van der Waals surface area (Å²) in [5.74, 6) is -0.0405.